The Morgan fingerprint density at radius 2 is 1.91 bits per heavy atom. The summed E-state index contributed by atoms with van der Waals surface area (Å²) in [5.74, 6) is -0.318. The molecule has 0 aromatic carbocycles. The minimum absolute atomic E-state index is 0.0230. The molecule has 35 heavy (non-hydrogen) atoms. The first-order valence-corrected chi connectivity index (χ1v) is 12.6. The van der Waals surface area contributed by atoms with Crippen LogP contribution in [0.4, 0.5) is 0 Å². The molecule has 3 aliphatic carbocycles. The summed E-state index contributed by atoms with van der Waals surface area (Å²) in [7, 11) is 1.14. The lowest BCUT2D eigenvalue weighted by Gasteiger charge is -2.59. The summed E-state index contributed by atoms with van der Waals surface area (Å²) in [6.07, 6.45) is 1.81. The van der Waals surface area contributed by atoms with Crippen LogP contribution in [0.1, 0.15) is 59.3 Å². The van der Waals surface area contributed by atoms with Gasteiger partial charge in [0, 0.05) is 6.42 Å². The Bertz CT molecular complexity index is 900. The van der Waals surface area contributed by atoms with Gasteiger partial charge in [0.1, 0.15) is 24.1 Å². The summed E-state index contributed by atoms with van der Waals surface area (Å²) >= 11 is 0. The molecule has 4 aliphatic rings. The smallest absolute Gasteiger partial charge is 0.337 e. The van der Waals surface area contributed by atoms with E-state index in [4.69, 9.17) is 9.47 Å². The molecule has 1 aliphatic heterocycles. The number of carbonyl (C=O) groups is 2. The first kappa shape index (κ1) is 26.5. The maximum Gasteiger partial charge on any atom is 0.337 e. The van der Waals surface area contributed by atoms with Crippen LogP contribution in [0.2, 0.25) is 0 Å². The molecule has 1 saturated heterocycles. The predicted molar refractivity (Wildman–Crippen MR) is 127 cm³/mol. The monoisotopic (exact) mass is 492 g/mol. The molecule has 0 bridgehead atoms. The van der Waals surface area contributed by atoms with Crippen LogP contribution in [-0.2, 0) is 23.8 Å². The Hall–Kier alpha value is -1.58. The lowest BCUT2D eigenvalue weighted by atomic mass is 9.45. The molecule has 0 aromatic rings. The molecule has 0 radical (unpaired) electrons. The second-order valence-electron chi connectivity index (χ2n) is 11.8. The third-order valence-corrected chi connectivity index (χ3v) is 9.61. The van der Waals surface area contributed by atoms with Crippen LogP contribution in [0.5, 0.6) is 0 Å². The molecule has 4 rings (SSSR count). The molecular formula is C27H40O8. The van der Waals surface area contributed by atoms with Gasteiger partial charge in [0.2, 0.25) is 0 Å². The van der Waals surface area contributed by atoms with E-state index < -0.39 is 42.1 Å². The van der Waals surface area contributed by atoms with Crippen molar-refractivity contribution in [2.75, 3.05) is 13.7 Å². The van der Waals surface area contributed by atoms with Gasteiger partial charge in [-0.05, 0) is 54.8 Å². The molecule has 196 valence electrons. The molecule has 0 aromatic heterocycles. The fourth-order valence-corrected chi connectivity index (χ4v) is 7.19. The van der Waals surface area contributed by atoms with E-state index in [0.717, 1.165) is 39.2 Å². The molecular weight excluding hydrogens is 452 g/mol. The molecule has 8 nitrogen and oxygen atoms in total. The van der Waals surface area contributed by atoms with Gasteiger partial charge in [0.25, 0.3) is 0 Å². The van der Waals surface area contributed by atoms with Crippen molar-refractivity contribution in [3.8, 4) is 0 Å². The number of methoxy groups -OCH3 is 1. The summed E-state index contributed by atoms with van der Waals surface area (Å²) in [4.78, 5) is 25.3. The van der Waals surface area contributed by atoms with Gasteiger partial charge in [-0.3, -0.25) is 4.79 Å². The van der Waals surface area contributed by atoms with E-state index in [-0.39, 0.29) is 29.1 Å². The van der Waals surface area contributed by atoms with Gasteiger partial charge in [-0.15, -0.1) is 6.58 Å². The van der Waals surface area contributed by atoms with Crippen LogP contribution < -0.4 is 0 Å². The van der Waals surface area contributed by atoms with Crippen molar-refractivity contribution >= 4 is 11.8 Å². The number of hydrogen-bond acceptors (Lipinski definition) is 8. The van der Waals surface area contributed by atoms with Crippen LogP contribution in [-0.4, -0.2) is 71.5 Å². The number of Topliss-reactive ketones (excluding diaryl/α,β-unsaturated/α-hetero) is 1. The van der Waals surface area contributed by atoms with Crippen molar-refractivity contribution in [3.05, 3.63) is 24.3 Å². The number of ether oxygens (including phenoxy) is 3. The van der Waals surface area contributed by atoms with Crippen LogP contribution in [0.3, 0.4) is 0 Å². The molecule has 3 fully saturated rings. The zero-order chi connectivity index (χ0) is 25.8. The van der Waals surface area contributed by atoms with E-state index in [2.05, 4.69) is 37.3 Å². The summed E-state index contributed by atoms with van der Waals surface area (Å²) in [5.41, 5.74) is 0.700. The van der Waals surface area contributed by atoms with Gasteiger partial charge in [0.15, 0.2) is 12.4 Å². The number of carbonyl (C=O) groups excluding carboxylic acids is 2. The molecule has 2 saturated carbocycles. The van der Waals surface area contributed by atoms with Gasteiger partial charge in [-0.2, -0.15) is 0 Å². The number of fused-ring (bicyclic) bond motifs is 3. The molecule has 8 heteroatoms. The third kappa shape index (κ3) is 4.31. The number of aliphatic hydroxyl groups excluding tert-OH is 3. The van der Waals surface area contributed by atoms with Crippen LogP contribution >= 0.6 is 0 Å². The fraction of sp³-hybridized carbons (Fsp3) is 0.778. The van der Waals surface area contributed by atoms with Crippen molar-refractivity contribution in [2.24, 2.45) is 28.1 Å². The second kappa shape index (κ2) is 9.38. The van der Waals surface area contributed by atoms with Gasteiger partial charge in [-0.1, -0.05) is 38.5 Å². The Kier molecular flexibility index (Phi) is 7.10. The topological polar surface area (TPSA) is 123 Å². The number of allylic oxidation sites excluding steroid dienone is 3. The van der Waals surface area contributed by atoms with E-state index in [1.165, 1.54) is 5.57 Å². The maximum absolute atomic E-state index is 13.3. The highest BCUT2D eigenvalue weighted by atomic mass is 16.7. The SMILES string of the molecule is C=CC1(C)CCC2C(=CCC3C(C)(COC4OC(C(=O)OC)C(O)C(O)C4O)C(=O)CCC23C)C1. The van der Waals surface area contributed by atoms with Crippen molar-refractivity contribution in [1.29, 1.82) is 0 Å². The number of hydrogen-bond donors (Lipinski definition) is 3. The quantitative estimate of drug-likeness (QED) is 0.395. The molecule has 0 amide bonds. The highest BCUT2D eigenvalue weighted by Gasteiger charge is 2.59. The zero-order valence-corrected chi connectivity index (χ0v) is 21.2. The second-order valence-corrected chi connectivity index (χ2v) is 11.8. The van der Waals surface area contributed by atoms with Crippen LogP contribution in [0, 0.1) is 28.1 Å². The van der Waals surface area contributed by atoms with Crippen LogP contribution in [0.15, 0.2) is 24.3 Å². The Labute approximate surface area is 207 Å². The summed E-state index contributed by atoms with van der Waals surface area (Å²) < 4.78 is 16.1. The van der Waals surface area contributed by atoms with E-state index in [1.807, 2.05) is 6.92 Å². The van der Waals surface area contributed by atoms with Crippen molar-refractivity contribution in [3.63, 3.8) is 0 Å². The average molecular weight is 493 g/mol. The van der Waals surface area contributed by atoms with Crippen molar-refractivity contribution in [1.82, 2.24) is 0 Å². The molecule has 10 unspecified atom stereocenters. The molecule has 10 atom stereocenters. The van der Waals surface area contributed by atoms with E-state index in [0.29, 0.717) is 12.3 Å². The van der Waals surface area contributed by atoms with Gasteiger partial charge in [-0.25, -0.2) is 4.79 Å². The fourth-order valence-electron chi connectivity index (χ4n) is 7.19. The highest BCUT2D eigenvalue weighted by Crippen LogP contribution is 2.63. The lowest BCUT2D eigenvalue weighted by Crippen LogP contribution is -2.62. The Balaban J connectivity index is 1.55. The van der Waals surface area contributed by atoms with Gasteiger partial charge < -0.3 is 29.5 Å². The number of aliphatic hydroxyl groups is 3. The summed E-state index contributed by atoms with van der Waals surface area (Å²) in [6.45, 7) is 10.5. The molecule has 0 spiro atoms. The normalized spacial score (nSPS) is 47.8. The Morgan fingerprint density at radius 1 is 1.20 bits per heavy atom. The first-order valence-electron chi connectivity index (χ1n) is 12.6. The minimum atomic E-state index is -1.65. The zero-order valence-electron chi connectivity index (χ0n) is 21.2. The highest BCUT2D eigenvalue weighted by molar-refractivity contribution is 5.86. The van der Waals surface area contributed by atoms with Gasteiger partial charge >= 0.3 is 5.97 Å². The average Bonchev–Trinajstić information content (AvgIpc) is 2.84. The minimum Gasteiger partial charge on any atom is -0.467 e. The van der Waals surface area contributed by atoms with Crippen molar-refractivity contribution in [2.45, 2.75) is 90.0 Å². The lowest BCUT2D eigenvalue weighted by molar-refractivity contribution is -0.301. The summed E-state index contributed by atoms with van der Waals surface area (Å²) in [5, 5.41) is 30.8. The molecule has 3 N–H and O–H groups in total. The van der Waals surface area contributed by atoms with Crippen LogP contribution in [0.25, 0.3) is 0 Å². The Morgan fingerprint density at radius 3 is 2.57 bits per heavy atom. The first-order chi connectivity index (χ1) is 16.4. The largest absolute Gasteiger partial charge is 0.467 e. The number of esters is 1. The van der Waals surface area contributed by atoms with E-state index in [1.54, 1.807) is 0 Å². The van der Waals surface area contributed by atoms with E-state index in [9.17, 15) is 24.9 Å². The van der Waals surface area contributed by atoms with Gasteiger partial charge in [0.05, 0.1) is 19.1 Å². The third-order valence-electron chi connectivity index (χ3n) is 9.61. The molecule has 1 heterocycles. The standard InChI is InChI=1S/C27H40O8/c1-6-25(2)11-9-16-15(13-25)7-8-17-26(16,3)12-10-18(28)27(17,4)14-34-24-21(31)19(29)20(30)22(35-24)23(32)33-5/h6-7,16-17,19-22,24,29-31H,1,8-14H2,2-5H3. The van der Waals surface area contributed by atoms with E-state index >= 15 is 0 Å². The maximum atomic E-state index is 13.3. The number of ketones is 1. The summed E-state index contributed by atoms with van der Waals surface area (Å²) in [6, 6.07) is 0. The van der Waals surface area contributed by atoms with Crippen molar-refractivity contribution < 1.29 is 39.1 Å². The predicted octanol–water partition coefficient (Wildman–Crippen LogP) is 2.30. The number of rotatable bonds is 5.